The molecule has 2 aromatic rings. The first kappa shape index (κ1) is 16.4. The van der Waals surface area contributed by atoms with E-state index in [9.17, 15) is 22.8 Å². The van der Waals surface area contributed by atoms with E-state index < -0.39 is 23.3 Å². The summed E-state index contributed by atoms with van der Waals surface area (Å²) in [7, 11) is 0. The van der Waals surface area contributed by atoms with Gasteiger partial charge in [0.1, 0.15) is 0 Å². The molecule has 0 N–H and O–H groups in total. The Balaban J connectivity index is 2.58. The molecule has 3 nitrogen and oxygen atoms in total. The van der Waals surface area contributed by atoms with Gasteiger partial charge in [0.05, 0.1) is 0 Å². The third-order valence-electron chi connectivity index (χ3n) is 3.07. The maximum absolute atomic E-state index is 12.5. The highest BCUT2D eigenvalue weighted by Crippen LogP contribution is 2.28. The highest BCUT2D eigenvalue weighted by Gasteiger charge is 2.41. The van der Waals surface area contributed by atoms with Crippen LogP contribution in [0.1, 0.15) is 16.1 Å². The Bertz CT molecular complexity index is 761. The number of rotatable bonds is 3. The van der Waals surface area contributed by atoms with Gasteiger partial charge in [-0.2, -0.15) is 13.2 Å². The van der Waals surface area contributed by atoms with Crippen LogP contribution in [0, 0.1) is 6.92 Å². The van der Waals surface area contributed by atoms with Crippen molar-refractivity contribution in [2.75, 3.05) is 6.26 Å². The molecule has 0 unspecified atom stereocenters. The van der Waals surface area contributed by atoms with Gasteiger partial charge in [0.2, 0.25) is 0 Å². The highest BCUT2D eigenvalue weighted by atomic mass is 32.2. The zero-order chi connectivity index (χ0) is 16.5. The molecular formula is C15H11F3O3S. The number of carbonyl (C=O) groups excluding carboxylic acids is 1. The highest BCUT2D eigenvalue weighted by molar-refractivity contribution is 7.98. The summed E-state index contributed by atoms with van der Waals surface area (Å²) in [5.41, 5.74) is -0.0226. The van der Waals surface area contributed by atoms with E-state index in [-0.39, 0.29) is 11.1 Å². The van der Waals surface area contributed by atoms with Crippen molar-refractivity contribution in [3.63, 3.8) is 0 Å². The van der Waals surface area contributed by atoms with Gasteiger partial charge in [0.25, 0.3) is 0 Å². The summed E-state index contributed by atoms with van der Waals surface area (Å²) in [6, 6.07) is 7.87. The molecular weight excluding hydrogens is 317 g/mol. The summed E-state index contributed by atoms with van der Waals surface area (Å²) in [6.07, 6.45) is -3.21. The molecule has 0 aliphatic carbocycles. The lowest BCUT2D eigenvalue weighted by atomic mass is 10.0. The SMILES string of the molecule is CSc1ccc(-c2cc(C(=O)C(F)(F)F)oc(=O)c2C)cc1. The molecule has 7 heteroatoms. The van der Waals surface area contributed by atoms with E-state index in [0.717, 1.165) is 11.0 Å². The molecule has 2 rings (SSSR count). The van der Waals surface area contributed by atoms with Crippen molar-refractivity contribution in [2.45, 2.75) is 18.0 Å². The van der Waals surface area contributed by atoms with E-state index in [1.807, 2.05) is 6.26 Å². The molecule has 1 heterocycles. The molecule has 0 fully saturated rings. The fourth-order valence-electron chi connectivity index (χ4n) is 1.88. The van der Waals surface area contributed by atoms with Gasteiger partial charge < -0.3 is 4.42 Å². The number of hydrogen-bond acceptors (Lipinski definition) is 4. The van der Waals surface area contributed by atoms with Gasteiger partial charge in [0, 0.05) is 10.5 Å². The van der Waals surface area contributed by atoms with Crippen LogP contribution in [-0.2, 0) is 0 Å². The van der Waals surface area contributed by atoms with Gasteiger partial charge in [-0.1, -0.05) is 12.1 Å². The average Bonchev–Trinajstić information content (AvgIpc) is 2.48. The maximum atomic E-state index is 12.5. The predicted molar refractivity (Wildman–Crippen MR) is 77.3 cm³/mol. The van der Waals surface area contributed by atoms with Crippen LogP contribution in [0.4, 0.5) is 13.2 Å². The number of alkyl halides is 3. The van der Waals surface area contributed by atoms with Crippen molar-refractivity contribution in [3.05, 3.63) is 52.1 Å². The second-order valence-electron chi connectivity index (χ2n) is 4.49. The Morgan fingerprint density at radius 2 is 1.77 bits per heavy atom. The summed E-state index contributed by atoms with van der Waals surface area (Å²) in [6.45, 7) is 1.44. The van der Waals surface area contributed by atoms with Crippen LogP contribution >= 0.6 is 11.8 Å². The Hall–Kier alpha value is -2.02. The molecule has 0 bridgehead atoms. The quantitative estimate of drug-likeness (QED) is 0.629. The third-order valence-corrected chi connectivity index (χ3v) is 3.81. The van der Waals surface area contributed by atoms with Crippen LogP contribution < -0.4 is 5.63 Å². The number of halogens is 3. The van der Waals surface area contributed by atoms with Crippen LogP contribution in [-0.4, -0.2) is 18.2 Å². The van der Waals surface area contributed by atoms with E-state index in [4.69, 9.17) is 0 Å². The average molecular weight is 328 g/mol. The van der Waals surface area contributed by atoms with E-state index in [1.165, 1.54) is 18.7 Å². The molecule has 0 saturated carbocycles. The molecule has 22 heavy (non-hydrogen) atoms. The minimum Gasteiger partial charge on any atom is -0.419 e. The monoisotopic (exact) mass is 328 g/mol. The number of hydrogen-bond donors (Lipinski definition) is 0. The lowest BCUT2D eigenvalue weighted by Crippen LogP contribution is -2.24. The molecule has 0 amide bonds. The van der Waals surface area contributed by atoms with Gasteiger partial charge in [-0.05, 0) is 42.5 Å². The Morgan fingerprint density at radius 1 is 1.18 bits per heavy atom. The number of thioether (sulfide) groups is 1. The summed E-state index contributed by atoms with van der Waals surface area (Å²) in [4.78, 5) is 23.9. The molecule has 1 aromatic carbocycles. The van der Waals surface area contributed by atoms with Crippen molar-refractivity contribution < 1.29 is 22.4 Å². The van der Waals surface area contributed by atoms with Crippen molar-refractivity contribution in [2.24, 2.45) is 0 Å². The first-order valence-corrected chi connectivity index (χ1v) is 7.37. The van der Waals surface area contributed by atoms with E-state index in [2.05, 4.69) is 4.42 Å². The molecule has 0 aliphatic heterocycles. The van der Waals surface area contributed by atoms with Crippen LogP contribution in [0.5, 0.6) is 0 Å². The normalized spacial score (nSPS) is 11.5. The lowest BCUT2D eigenvalue weighted by molar-refractivity contribution is -0.0901. The first-order valence-electron chi connectivity index (χ1n) is 6.14. The molecule has 0 radical (unpaired) electrons. The lowest BCUT2D eigenvalue weighted by Gasteiger charge is -2.09. The van der Waals surface area contributed by atoms with Crippen molar-refractivity contribution in [3.8, 4) is 11.1 Å². The molecule has 116 valence electrons. The third kappa shape index (κ3) is 3.24. The topological polar surface area (TPSA) is 47.3 Å². The Morgan fingerprint density at radius 3 is 2.27 bits per heavy atom. The van der Waals surface area contributed by atoms with Crippen LogP contribution in [0.15, 0.2) is 44.4 Å². The van der Waals surface area contributed by atoms with E-state index in [1.54, 1.807) is 24.3 Å². The van der Waals surface area contributed by atoms with Crippen LogP contribution in [0.3, 0.4) is 0 Å². The Labute approximate surface area is 128 Å². The van der Waals surface area contributed by atoms with Gasteiger partial charge in [-0.3, -0.25) is 4.79 Å². The Kier molecular flexibility index (Phi) is 4.46. The predicted octanol–water partition coefficient (Wildman–Crippen LogP) is 4.08. The summed E-state index contributed by atoms with van der Waals surface area (Å²) < 4.78 is 41.9. The summed E-state index contributed by atoms with van der Waals surface area (Å²) in [5.74, 6) is -3.18. The van der Waals surface area contributed by atoms with Crippen molar-refractivity contribution in [1.29, 1.82) is 0 Å². The number of carbonyl (C=O) groups is 1. The van der Waals surface area contributed by atoms with Gasteiger partial charge in [-0.25, -0.2) is 4.79 Å². The second kappa shape index (κ2) is 6.00. The zero-order valence-corrected chi connectivity index (χ0v) is 12.5. The minimum atomic E-state index is -5.09. The van der Waals surface area contributed by atoms with Crippen molar-refractivity contribution in [1.82, 2.24) is 0 Å². The molecule has 0 saturated heterocycles. The van der Waals surface area contributed by atoms with Gasteiger partial charge in [0.15, 0.2) is 5.76 Å². The zero-order valence-electron chi connectivity index (χ0n) is 11.7. The largest absolute Gasteiger partial charge is 0.458 e. The first-order chi connectivity index (χ1) is 10.2. The number of benzene rings is 1. The van der Waals surface area contributed by atoms with Crippen molar-refractivity contribution >= 4 is 17.5 Å². The molecule has 0 aliphatic rings. The molecule has 0 atom stereocenters. The molecule has 0 spiro atoms. The second-order valence-corrected chi connectivity index (χ2v) is 5.37. The van der Waals surface area contributed by atoms with Crippen LogP contribution in [0.2, 0.25) is 0 Å². The smallest absolute Gasteiger partial charge is 0.419 e. The number of Topliss-reactive ketones (excluding diaryl/α,β-unsaturated/α-hetero) is 1. The van der Waals surface area contributed by atoms with E-state index in [0.29, 0.717) is 5.56 Å². The minimum absolute atomic E-state index is 0.149. The fraction of sp³-hybridized carbons (Fsp3) is 0.200. The van der Waals surface area contributed by atoms with Gasteiger partial charge >= 0.3 is 17.6 Å². The fourth-order valence-corrected chi connectivity index (χ4v) is 2.29. The maximum Gasteiger partial charge on any atom is 0.458 e. The standard InChI is InChI=1S/C15H11F3O3S/c1-8-11(9-3-5-10(22-2)6-4-9)7-12(21-14(8)20)13(19)15(16,17)18/h3-7H,1-2H3. The summed E-state index contributed by atoms with van der Waals surface area (Å²) in [5, 5.41) is 0. The number of ketones is 1. The van der Waals surface area contributed by atoms with E-state index >= 15 is 0 Å². The van der Waals surface area contributed by atoms with Crippen LogP contribution in [0.25, 0.3) is 11.1 Å². The van der Waals surface area contributed by atoms with Gasteiger partial charge in [-0.15, -0.1) is 11.8 Å². The molecule has 1 aromatic heterocycles. The summed E-state index contributed by atoms with van der Waals surface area (Å²) >= 11 is 1.51.